The highest BCUT2D eigenvalue weighted by molar-refractivity contribution is 6.33. The number of halogens is 2. The standard InChI is InChI=1S/C16H14Cl2N2O/c1-2-19-14-5-3-4-6-15(14)20(16(19)21)10-11-9-12(17)7-8-13(11)18/h3-9H,2,10H2,1H3. The lowest BCUT2D eigenvalue weighted by atomic mass is 10.2. The van der Waals surface area contributed by atoms with Crippen molar-refractivity contribution < 1.29 is 0 Å². The van der Waals surface area contributed by atoms with Crippen LogP contribution in [0.25, 0.3) is 11.0 Å². The first-order chi connectivity index (χ1) is 10.1. The summed E-state index contributed by atoms with van der Waals surface area (Å²) in [6, 6.07) is 13.1. The van der Waals surface area contributed by atoms with Crippen molar-refractivity contribution in [3.05, 3.63) is 68.6 Å². The molecule has 0 saturated carbocycles. The largest absolute Gasteiger partial charge is 0.329 e. The van der Waals surface area contributed by atoms with E-state index in [9.17, 15) is 4.79 Å². The normalized spacial score (nSPS) is 11.2. The van der Waals surface area contributed by atoms with Gasteiger partial charge in [0.05, 0.1) is 17.6 Å². The molecule has 5 heteroatoms. The molecule has 0 amide bonds. The van der Waals surface area contributed by atoms with Gasteiger partial charge in [0, 0.05) is 16.6 Å². The summed E-state index contributed by atoms with van der Waals surface area (Å²) in [6.07, 6.45) is 0. The number of fused-ring (bicyclic) bond motifs is 1. The van der Waals surface area contributed by atoms with E-state index in [4.69, 9.17) is 23.2 Å². The molecule has 0 saturated heterocycles. The number of aromatic nitrogens is 2. The Labute approximate surface area is 132 Å². The SMILES string of the molecule is CCn1c(=O)n(Cc2cc(Cl)ccc2Cl)c2ccccc21. The summed E-state index contributed by atoms with van der Waals surface area (Å²) in [7, 11) is 0. The quantitative estimate of drug-likeness (QED) is 0.711. The van der Waals surface area contributed by atoms with Crippen molar-refractivity contribution in [3.63, 3.8) is 0 Å². The third-order valence-electron chi connectivity index (χ3n) is 3.58. The molecular weight excluding hydrogens is 307 g/mol. The molecule has 3 nitrogen and oxygen atoms in total. The van der Waals surface area contributed by atoms with Gasteiger partial charge in [-0.1, -0.05) is 35.3 Å². The topological polar surface area (TPSA) is 26.9 Å². The first-order valence-corrected chi connectivity index (χ1v) is 7.49. The van der Waals surface area contributed by atoms with Crippen LogP contribution in [0.3, 0.4) is 0 Å². The van der Waals surface area contributed by atoms with Gasteiger partial charge in [-0.2, -0.15) is 0 Å². The average Bonchev–Trinajstić information content (AvgIpc) is 2.75. The minimum atomic E-state index is -0.0326. The number of rotatable bonds is 3. The van der Waals surface area contributed by atoms with Gasteiger partial charge < -0.3 is 0 Å². The Bertz CT molecular complexity index is 864. The van der Waals surface area contributed by atoms with Gasteiger partial charge in [-0.3, -0.25) is 9.13 Å². The second-order valence-corrected chi connectivity index (χ2v) is 5.68. The Hall–Kier alpha value is -1.71. The van der Waals surface area contributed by atoms with Crippen molar-refractivity contribution in [1.29, 1.82) is 0 Å². The number of hydrogen-bond acceptors (Lipinski definition) is 1. The molecule has 0 N–H and O–H groups in total. The smallest absolute Gasteiger partial charge is 0.292 e. The maximum Gasteiger partial charge on any atom is 0.329 e. The van der Waals surface area contributed by atoms with Crippen LogP contribution >= 0.6 is 23.2 Å². The summed E-state index contributed by atoms with van der Waals surface area (Å²) in [6.45, 7) is 3.01. The Kier molecular flexibility index (Phi) is 3.79. The fourth-order valence-corrected chi connectivity index (χ4v) is 2.94. The van der Waals surface area contributed by atoms with Crippen LogP contribution in [-0.2, 0) is 13.1 Å². The molecule has 21 heavy (non-hydrogen) atoms. The summed E-state index contributed by atoms with van der Waals surface area (Å²) in [5, 5.41) is 1.22. The highest BCUT2D eigenvalue weighted by Crippen LogP contribution is 2.22. The molecule has 3 rings (SSSR count). The van der Waals surface area contributed by atoms with E-state index in [0.717, 1.165) is 16.6 Å². The predicted molar refractivity (Wildman–Crippen MR) is 87.4 cm³/mol. The van der Waals surface area contributed by atoms with Crippen LogP contribution in [0.5, 0.6) is 0 Å². The van der Waals surface area contributed by atoms with Crippen LogP contribution in [0.15, 0.2) is 47.3 Å². The van der Waals surface area contributed by atoms with E-state index in [1.54, 1.807) is 27.3 Å². The fourth-order valence-electron chi connectivity index (χ4n) is 2.57. The molecule has 108 valence electrons. The molecular formula is C16H14Cl2N2O. The maximum absolute atomic E-state index is 12.6. The summed E-state index contributed by atoms with van der Waals surface area (Å²) in [4.78, 5) is 12.6. The van der Waals surface area contributed by atoms with Gasteiger partial charge in [0.15, 0.2) is 0 Å². The number of hydrogen-bond donors (Lipinski definition) is 0. The Balaban J connectivity index is 2.19. The zero-order valence-electron chi connectivity index (χ0n) is 11.5. The zero-order chi connectivity index (χ0) is 15.0. The van der Waals surface area contributed by atoms with E-state index in [-0.39, 0.29) is 5.69 Å². The van der Waals surface area contributed by atoms with Gasteiger partial charge in [-0.05, 0) is 42.8 Å². The molecule has 0 aliphatic carbocycles. The molecule has 0 aliphatic heterocycles. The van der Waals surface area contributed by atoms with Gasteiger partial charge >= 0.3 is 5.69 Å². The van der Waals surface area contributed by atoms with E-state index in [1.165, 1.54) is 0 Å². The van der Waals surface area contributed by atoms with Crippen molar-refractivity contribution in [1.82, 2.24) is 9.13 Å². The highest BCUT2D eigenvalue weighted by atomic mass is 35.5. The number of nitrogens with zero attached hydrogens (tertiary/aromatic N) is 2. The van der Waals surface area contributed by atoms with E-state index in [2.05, 4.69) is 0 Å². The Morgan fingerprint density at radius 2 is 1.67 bits per heavy atom. The van der Waals surface area contributed by atoms with E-state index >= 15 is 0 Å². The third-order valence-corrected chi connectivity index (χ3v) is 4.18. The van der Waals surface area contributed by atoms with Crippen LogP contribution in [0.1, 0.15) is 12.5 Å². The van der Waals surface area contributed by atoms with E-state index in [0.29, 0.717) is 23.1 Å². The number of para-hydroxylation sites is 2. The maximum atomic E-state index is 12.6. The molecule has 2 aromatic carbocycles. The van der Waals surface area contributed by atoms with Gasteiger partial charge in [-0.15, -0.1) is 0 Å². The van der Waals surface area contributed by atoms with Crippen LogP contribution in [-0.4, -0.2) is 9.13 Å². The van der Waals surface area contributed by atoms with E-state index in [1.807, 2.05) is 31.2 Å². The first-order valence-electron chi connectivity index (χ1n) is 6.74. The van der Waals surface area contributed by atoms with Crippen LogP contribution in [0, 0.1) is 0 Å². The summed E-state index contributed by atoms with van der Waals surface area (Å²) in [5.41, 5.74) is 2.64. The Morgan fingerprint density at radius 3 is 2.33 bits per heavy atom. The summed E-state index contributed by atoms with van der Waals surface area (Å²) < 4.78 is 3.49. The van der Waals surface area contributed by atoms with Crippen LogP contribution in [0.2, 0.25) is 10.0 Å². The lowest BCUT2D eigenvalue weighted by Gasteiger charge is -2.06. The second-order valence-electron chi connectivity index (χ2n) is 4.84. The van der Waals surface area contributed by atoms with Gasteiger partial charge in [0.1, 0.15) is 0 Å². The molecule has 1 heterocycles. The second kappa shape index (κ2) is 5.58. The fraction of sp³-hybridized carbons (Fsp3) is 0.188. The van der Waals surface area contributed by atoms with Gasteiger partial charge in [0.25, 0.3) is 0 Å². The molecule has 1 aromatic heterocycles. The van der Waals surface area contributed by atoms with Crippen molar-refractivity contribution in [3.8, 4) is 0 Å². The first kappa shape index (κ1) is 14.2. The molecule has 0 fully saturated rings. The van der Waals surface area contributed by atoms with E-state index < -0.39 is 0 Å². The zero-order valence-corrected chi connectivity index (χ0v) is 13.0. The molecule has 0 radical (unpaired) electrons. The molecule has 0 bridgehead atoms. The number of aryl methyl sites for hydroxylation is 1. The lowest BCUT2D eigenvalue weighted by Crippen LogP contribution is -2.24. The number of benzene rings is 2. The monoisotopic (exact) mass is 320 g/mol. The summed E-state index contributed by atoms with van der Waals surface area (Å²) >= 11 is 12.2. The van der Waals surface area contributed by atoms with Crippen molar-refractivity contribution in [2.24, 2.45) is 0 Å². The molecule has 0 aliphatic rings. The van der Waals surface area contributed by atoms with Crippen LogP contribution < -0.4 is 5.69 Å². The minimum absolute atomic E-state index is 0.0326. The minimum Gasteiger partial charge on any atom is -0.292 e. The molecule has 0 atom stereocenters. The van der Waals surface area contributed by atoms with Gasteiger partial charge in [0.2, 0.25) is 0 Å². The molecule has 0 unspecified atom stereocenters. The van der Waals surface area contributed by atoms with Crippen molar-refractivity contribution in [2.45, 2.75) is 20.0 Å². The van der Waals surface area contributed by atoms with Crippen molar-refractivity contribution >= 4 is 34.2 Å². The Morgan fingerprint density at radius 1 is 1.00 bits per heavy atom. The van der Waals surface area contributed by atoms with Crippen molar-refractivity contribution in [2.75, 3.05) is 0 Å². The highest BCUT2D eigenvalue weighted by Gasteiger charge is 2.13. The average molecular weight is 321 g/mol. The van der Waals surface area contributed by atoms with Gasteiger partial charge in [-0.25, -0.2) is 4.79 Å². The number of imidazole rings is 1. The summed E-state index contributed by atoms with van der Waals surface area (Å²) in [5.74, 6) is 0. The van der Waals surface area contributed by atoms with Crippen LogP contribution in [0.4, 0.5) is 0 Å². The lowest BCUT2D eigenvalue weighted by molar-refractivity contribution is 0.684. The molecule has 3 aromatic rings. The predicted octanol–water partition coefficient (Wildman–Crippen LogP) is 4.18. The molecule has 0 spiro atoms. The third kappa shape index (κ3) is 2.47.